The molecule has 32 heavy (non-hydrogen) atoms. The molecular formula is C25H32N4O2S. The minimum absolute atomic E-state index is 0.00216. The second-order valence-corrected chi connectivity index (χ2v) is 8.81. The Balaban J connectivity index is 2.17. The van der Waals surface area contributed by atoms with E-state index < -0.39 is 11.0 Å². The minimum atomic E-state index is -1.60. The Morgan fingerprint density at radius 2 is 1.84 bits per heavy atom. The lowest BCUT2D eigenvalue weighted by atomic mass is 10.2. The molecule has 0 aliphatic carbocycles. The fraction of sp³-hybridized carbons (Fsp3) is 0.320. The van der Waals surface area contributed by atoms with Crippen molar-refractivity contribution >= 4 is 29.3 Å². The maximum atomic E-state index is 13.4. The van der Waals surface area contributed by atoms with E-state index in [2.05, 4.69) is 16.7 Å². The van der Waals surface area contributed by atoms with Crippen LogP contribution in [0, 0.1) is 13.8 Å². The lowest BCUT2D eigenvalue weighted by Gasteiger charge is -2.27. The molecule has 0 fully saturated rings. The molecule has 0 radical (unpaired) electrons. The number of pyridine rings is 1. The van der Waals surface area contributed by atoms with Gasteiger partial charge in [-0.05, 0) is 70.7 Å². The quantitative estimate of drug-likeness (QED) is 0.369. The third-order valence-corrected chi connectivity index (χ3v) is 6.23. The van der Waals surface area contributed by atoms with Gasteiger partial charge >= 0.3 is 0 Å². The molecule has 7 heteroatoms. The van der Waals surface area contributed by atoms with Gasteiger partial charge in [-0.15, -0.1) is 0 Å². The van der Waals surface area contributed by atoms with Gasteiger partial charge in [0.15, 0.2) is 11.0 Å². The number of aliphatic imine (C=N–C) groups is 1. The molecule has 6 nitrogen and oxygen atoms in total. The molecule has 0 aliphatic heterocycles. The van der Waals surface area contributed by atoms with E-state index >= 15 is 0 Å². The number of carbonyl (C=O) groups excluding carboxylic acids is 1. The fourth-order valence-corrected chi connectivity index (χ4v) is 3.99. The number of likely N-dealkylation sites (N-methyl/N-ethyl adjacent to an activating group) is 1. The largest absolute Gasteiger partial charge is 0.341 e. The third-order valence-electron chi connectivity index (χ3n) is 4.89. The molecule has 2 rings (SSSR count). The number of amides is 1. The first-order chi connectivity index (χ1) is 15.3. The van der Waals surface area contributed by atoms with Crippen molar-refractivity contribution in [3.05, 3.63) is 77.6 Å². The minimum Gasteiger partial charge on any atom is -0.341 e. The second kappa shape index (κ2) is 12.7. The van der Waals surface area contributed by atoms with Crippen molar-refractivity contribution in [2.75, 3.05) is 23.9 Å². The molecule has 0 bridgehead atoms. The number of nitrogens with zero attached hydrogens (tertiary/aromatic N) is 4. The van der Waals surface area contributed by atoms with Crippen LogP contribution in [0.4, 0.5) is 5.69 Å². The van der Waals surface area contributed by atoms with Crippen molar-refractivity contribution in [3.8, 4) is 0 Å². The van der Waals surface area contributed by atoms with Crippen molar-refractivity contribution in [3.63, 3.8) is 0 Å². The normalized spacial score (nSPS) is 12.6. The number of hydrogen-bond donors (Lipinski definition) is 0. The highest BCUT2D eigenvalue weighted by molar-refractivity contribution is 7.86. The Bertz CT molecular complexity index is 982. The van der Waals surface area contributed by atoms with Crippen molar-refractivity contribution in [1.29, 1.82) is 0 Å². The summed E-state index contributed by atoms with van der Waals surface area (Å²) in [5.41, 5.74) is 3.64. The number of allylic oxidation sites excluding steroid dienone is 3. The monoisotopic (exact) mass is 452 g/mol. The van der Waals surface area contributed by atoms with Crippen LogP contribution in [-0.2, 0) is 15.8 Å². The summed E-state index contributed by atoms with van der Waals surface area (Å²) in [6.45, 7) is 12.4. The highest BCUT2D eigenvalue weighted by Crippen LogP contribution is 2.21. The van der Waals surface area contributed by atoms with Crippen molar-refractivity contribution in [2.24, 2.45) is 4.99 Å². The van der Waals surface area contributed by atoms with Gasteiger partial charge in [-0.2, -0.15) is 0 Å². The number of hydrogen-bond acceptors (Lipinski definition) is 4. The Morgan fingerprint density at radius 3 is 2.44 bits per heavy atom. The van der Waals surface area contributed by atoms with Crippen LogP contribution in [0.5, 0.6) is 0 Å². The van der Waals surface area contributed by atoms with Crippen LogP contribution < -0.4 is 4.31 Å². The zero-order valence-corrected chi connectivity index (χ0v) is 20.1. The summed E-state index contributed by atoms with van der Waals surface area (Å²) in [5, 5.41) is 0.424. The lowest BCUT2D eigenvalue weighted by Crippen LogP contribution is -2.41. The molecule has 2 aromatic rings. The van der Waals surface area contributed by atoms with Gasteiger partial charge in [-0.25, -0.2) is 9.19 Å². The molecule has 0 saturated heterocycles. The summed E-state index contributed by atoms with van der Waals surface area (Å²) in [6.07, 6.45) is 8.19. The molecule has 170 valence electrons. The Kier molecular flexibility index (Phi) is 10.0. The van der Waals surface area contributed by atoms with Crippen LogP contribution in [0.3, 0.4) is 0 Å². The summed E-state index contributed by atoms with van der Waals surface area (Å²) >= 11 is 0. The maximum absolute atomic E-state index is 13.4. The molecule has 1 aromatic heterocycles. The van der Waals surface area contributed by atoms with Gasteiger partial charge < -0.3 is 4.90 Å². The summed E-state index contributed by atoms with van der Waals surface area (Å²) in [5.74, 6) is -0.0820. The van der Waals surface area contributed by atoms with Crippen LogP contribution in [0.2, 0.25) is 0 Å². The number of carbonyl (C=O) groups is 1. The smallest absolute Gasteiger partial charge is 0.243 e. The summed E-state index contributed by atoms with van der Waals surface area (Å²) in [7, 11) is -1.60. The van der Waals surface area contributed by atoms with E-state index in [4.69, 9.17) is 0 Å². The van der Waals surface area contributed by atoms with Gasteiger partial charge in [0.1, 0.15) is 11.6 Å². The van der Waals surface area contributed by atoms with Gasteiger partial charge in [0.05, 0.1) is 5.69 Å². The number of rotatable bonds is 11. The molecule has 1 atom stereocenters. The highest BCUT2D eigenvalue weighted by atomic mass is 32.2. The first-order valence-electron chi connectivity index (χ1n) is 10.6. The van der Waals surface area contributed by atoms with E-state index in [9.17, 15) is 9.00 Å². The zero-order valence-electron chi connectivity index (χ0n) is 19.3. The van der Waals surface area contributed by atoms with E-state index in [1.807, 2.05) is 76.3 Å². The van der Waals surface area contributed by atoms with Gasteiger partial charge in [0.25, 0.3) is 0 Å². The molecule has 0 saturated carbocycles. The molecule has 1 heterocycles. The molecule has 0 aliphatic rings. The highest BCUT2D eigenvalue weighted by Gasteiger charge is 2.23. The summed E-state index contributed by atoms with van der Waals surface area (Å²) < 4.78 is 15.0. The van der Waals surface area contributed by atoms with Crippen LogP contribution in [0.15, 0.2) is 76.5 Å². The predicted molar refractivity (Wildman–Crippen MR) is 133 cm³/mol. The Hall–Kier alpha value is -3.06. The van der Waals surface area contributed by atoms with E-state index in [0.717, 1.165) is 22.5 Å². The van der Waals surface area contributed by atoms with Crippen molar-refractivity contribution < 1.29 is 9.00 Å². The van der Waals surface area contributed by atoms with E-state index in [0.29, 0.717) is 24.5 Å². The van der Waals surface area contributed by atoms with Crippen LogP contribution in [0.1, 0.15) is 31.4 Å². The van der Waals surface area contributed by atoms with E-state index in [1.165, 1.54) is 0 Å². The third kappa shape index (κ3) is 7.57. The lowest BCUT2D eigenvalue weighted by molar-refractivity contribution is -0.129. The van der Waals surface area contributed by atoms with E-state index in [-0.39, 0.29) is 12.5 Å². The molecule has 1 aromatic carbocycles. The molecule has 1 unspecified atom stereocenters. The Labute approximate surface area is 194 Å². The summed E-state index contributed by atoms with van der Waals surface area (Å²) in [4.78, 5) is 23.0. The topological polar surface area (TPSA) is 65.9 Å². The Morgan fingerprint density at radius 1 is 1.16 bits per heavy atom. The fourth-order valence-electron chi connectivity index (χ4n) is 2.90. The maximum Gasteiger partial charge on any atom is 0.243 e. The van der Waals surface area contributed by atoms with Gasteiger partial charge in [0.2, 0.25) is 5.91 Å². The number of anilines is 1. The van der Waals surface area contributed by atoms with Crippen molar-refractivity contribution in [2.45, 2.75) is 39.1 Å². The van der Waals surface area contributed by atoms with Gasteiger partial charge in [-0.1, -0.05) is 35.9 Å². The number of benzene rings is 1. The first kappa shape index (κ1) is 25.2. The zero-order chi connectivity index (χ0) is 23.5. The second-order valence-electron chi connectivity index (χ2n) is 7.45. The average molecular weight is 453 g/mol. The van der Waals surface area contributed by atoms with Crippen LogP contribution >= 0.6 is 0 Å². The van der Waals surface area contributed by atoms with Gasteiger partial charge in [-0.3, -0.25) is 14.1 Å². The standard InChI is InChI=1S/C25H32N4O2S/c1-6-28(17-9-7-8-10-22(4)26-5)25(30)19-29(23-14-11-20(2)12-15-23)32(31)24-16-13-21(3)18-27-24/h7-8,10-16,18H,5-6,9,17,19H2,1-4H3/b8-7-,22-10-. The molecule has 0 N–H and O–H groups in total. The molecular weight excluding hydrogens is 420 g/mol. The summed E-state index contributed by atoms with van der Waals surface area (Å²) in [6, 6.07) is 11.3. The average Bonchev–Trinajstić information content (AvgIpc) is 2.80. The van der Waals surface area contributed by atoms with Crippen LogP contribution in [-0.4, -0.2) is 46.4 Å². The van der Waals surface area contributed by atoms with Crippen molar-refractivity contribution in [1.82, 2.24) is 9.88 Å². The SMILES string of the molecule is C=N/C(C)=C\C=C/CCN(CC)C(=O)CN(c1ccc(C)cc1)S(=O)c1ccc(C)cn1. The van der Waals surface area contributed by atoms with Crippen LogP contribution in [0.25, 0.3) is 0 Å². The number of aromatic nitrogens is 1. The first-order valence-corrected chi connectivity index (χ1v) is 11.7. The molecule has 0 spiro atoms. The van der Waals surface area contributed by atoms with E-state index in [1.54, 1.807) is 21.5 Å². The predicted octanol–water partition coefficient (Wildman–Crippen LogP) is 4.63. The number of aryl methyl sites for hydroxylation is 2. The molecule has 1 amide bonds. The van der Waals surface area contributed by atoms with Gasteiger partial charge in [0, 0.05) is 25.0 Å².